The number of amides is 2. The molecule has 1 aliphatic carbocycles. The predicted molar refractivity (Wildman–Crippen MR) is 64.2 cm³/mol. The molecule has 0 spiro atoms. The molecule has 4 nitrogen and oxygen atoms in total. The first-order chi connectivity index (χ1) is 7.63. The van der Waals surface area contributed by atoms with Gasteiger partial charge in [0.15, 0.2) is 0 Å². The summed E-state index contributed by atoms with van der Waals surface area (Å²) in [5.74, 6) is -0.922. The molecule has 1 aromatic rings. The number of hydrogen-bond acceptors (Lipinski definition) is 3. The molecule has 0 unspecified atom stereocenters. The Balaban J connectivity index is 2.38. The average Bonchev–Trinajstić information content (AvgIpc) is 2.76. The molecule has 0 fully saturated rings. The van der Waals surface area contributed by atoms with E-state index in [4.69, 9.17) is 17.3 Å². The lowest BCUT2D eigenvalue weighted by Crippen LogP contribution is -2.18. The van der Waals surface area contributed by atoms with Crippen LogP contribution >= 0.6 is 22.9 Å². The van der Waals surface area contributed by atoms with Gasteiger partial charge >= 0.3 is 0 Å². The Labute approximate surface area is 102 Å². The molecule has 3 N–H and O–H groups in total. The van der Waals surface area contributed by atoms with Gasteiger partial charge in [-0.25, -0.2) is 0 Å². The molecule has 0 aliphatic heterocycles. The molecule has 0 aromatic carbocycles. The molecular weight excluding hydrogens is 248 g/mol. The smallest absolute Gasteiger partial charge is 0.251 e. The van der Waals surface area contributed by atoms with Crippen LogP contribution in [0, 0.1) is 0 Å². The van der Waals surface area contributed by atoms with E-state index in [0.717, 1.165) is 29.7 Å². The number of nitrogens with two attached hydrogens (primary N) is 1. The Bertz CT molecular complexity index is 456. The SMILES string of the molecule is NC(=O)c1c(NC(=O)CCl)sc2c1CCC2. The standard InChI is InChI=1S/C10H11ClN2O2S/c11-4-7(14)13-10-8(9(12)15)5-2-1-3-6(5)16-10/h1-4H2,(H2,12,15)(H,13,14). The number of carbonyl (C=O) groups excluding carboxylic acids is 2. The van der Waals surface area contributed by atoms with Gasteiger partial charge in [-0.2, -0.15) is 0 Å². The molecule has 0 saturated carbocycles. The third-order valence-electron chi connectivity index (χ3n) is 2.54. The van der Waals surface area contributed by atoms with E-state index in [1.807, 2.05) is 0 Å². The highest BCUT2D eigenvalue weighted by Gasteiger charge is 2.25. The van der Waals surface area contributed by atoms with Crippen LogP contribution < -0.4 is 11.1 Å². The van der Waals surface area contributed by atoms with Crippen LogP contribution in [0.4, 0.5) is 5.00 Å². The van der Waals surface area contributed by atoms with Crippen LogP contribution in [0.25, 0.3) is 0 Å². The zero-order valence-electron chi connectivity index (χ0n) is 8.51. The maximum Gasteiger partial charge on any atom is 0.251 e. The lowest BCUT2D eigenvalue weighted by molar-refractivity contribution is -0.113. The van der Waals surface area contributed by atoms with Gasteiger partial charge in [0.2, 0.25) is 5.91 Å². The topological polar surface area (TPSA) is 72.2 Å². The first-order valence-corrected chi connectivity index (χ1v) is 6.28. The van der Waals surface area contributed by atoms with Crippen molar-refractivity contribution in [2.45, 2.75) is 19.3 Å². The fourth-order valence-corrected chi connectivity index (χ4v) is 3.29. The Morgan fingerprint density at radius 2 is 2.19 bits per heavy atom. The quantitative estimate of drug-likeness (QED) is 0.807. The summed E-state index contributed by atoms with van der Waals surface area (Å²) in [6, 6.07) is 0. The van der Waals surface area contributed by atoms with Crippen LogP contribution in [-0.2, 0) is 17.6 Å². The maximum absolute atomic E-state index is 11.4. The molecule has 1 aromatic heterocycles. The Hall–Kier alpha value is -1.07. The molecule has 0 saturated heterocycles. The van der Waals surface area contributed by atoms with Crippen molar-refractivity contribution < 1.29 is 9.59 Å². The van der Waals surface area contributed by atoms with E-state index in [2.05, 4.69) is 5.32 Å². The van der Waals surface area contributed by atoms with Crippen LogP contribution in [0.3, 0.4) is 0 Å². The number of halogens is 1. The van der Waals surface area contributed by atoms with E-state index in [1.165, 1.54) is 11.3 Å². The van der Waals surface area contributed by atoms with Gasteiger partial charge in [-0.3, -0.25) is 9.59 Å². The molecule has 0 radical (unpaired) electrons. The molecule has 86 valence electrons. The Kier molecular flexibility index (Phi) is 3.16. The molecule has 16 heavy (non-hydrogen) atoms. The fraction of sp³-hybridized carbons (Fsp3) is 0.400. The van der Waals surface area contributed by atoms with E-state index < -0.39 is 5.91 Å². The number of hydrogen-bond donors (Lipinski definition) is 2. The lowest BCUT2D eigenvalue weighted by atomic mass is 10.1. The average molecular weight is 259 g/mol. The van der Waals surface area contributed by atoms with E-state index >= 15 is 0 Å². The van der Waals surface area contributed by atoms with Crippen LogP contribution in [0.1, 0.15) is 27.2 Å². The number of rotatable bonds is 3. The number of alkyl halides is 1. The number of aryl methyl sites for hydroxylation is 1. The first kappa shape index (κ1) is 11.4. The maximum atomic E-state index is 11.4. The van der Waals surface area contributed by atoms with Gasteiger partial charge < -0.3 is 11.1 Å². The van der Waals surface area contributed by atoms with E-state index in [1.54, 1.807) is 0 Å². The second kappa shape index (κ2) is 4.43. The van der Waals surface area contributed by atoms with Gasteiger partial charge in [0.1, 0.15) is 10.9 Å². The summed E-state index contributed by atoms with van der Waals surface area (Å²) >= 11 is 6.83. The van der Waals surface area contributed by atoms with Crippen molar-refractivity contribution in [2.75, 3.05) is 11.2 Å². The molecule has 0 bridgehead atoms. The van der Waals surface area contributed by atoms with Gasteiger partial charge in [-0.15, -0.1) is 22.9 Å². The minimum absolute atomic E-state index is 0.124. The molecule has 1 heterocycles. The summed E-state index contributed by atoms with van der Waals surface area (Å²) in [5.41, 5.74) is 6.80. The van der Waals surface area contributed by atoms with Gasteiger partial charge in [0.25, 0.3) is 5.91 Å². The summed E-state index contributed by atoms with van der Waals surface area (Å²) in [6.07, 6.45) is 2.86. The van der Waals surface area contributed by atoms with Crippen molar-refractivity contribution in [1.29, 1.82) is 0 Å². The fourth-order valence-electron chi connectivity index (χ4n) is 1.91. The Morgan fingerprint density at radius 3 is 2.81 bits per heavy atom. The highest BCUT2D eigenvalue weighted by Crippen LogP contribution is 2.38. The summed E-state index contributed by atoms with van der Waals surface area (Å²) in [4.78, 5) is 23.7. The van der Waals surface area contributed by atoms with Gasteiger partial charge in [-0.1, -0.05) is 0 Å². The second-order valence-electron chi connectivity index (χ2n) is 3.61. The number of anilines is 1. The van der Waals surface area contributed by atoms with E-state index in [0.29, 0.717) is 10.6 Å². The van der Waals surface area contributed by atoms with Crippen molar-refractivity contribution in [3.63, 3.8) is 0 Å². The first-order valence-electron chi connectivity index (χ1n) is 4.93. The third kappa shape index (κ3) is 1.92. The highest BCUT2D eigenvalue weighted by atomic mass is 35.5. The van der Waals surface area contributed by atoms with E-state index in [-0.39, 0.29) is 11.8 Å². The van der Waals surface area contributed by atoms with Crippen LogP contribution in [0.5, 0.6) is 0 Å². The predicted octanol–water partition coefficient (Wildman–Crippen LogP) is 1.51. The number of fused-ring (bicyclic) bond motifs is 1. The zero-order chi connectivity index (χ0) is 11.7. The molecule has 1 aliphatic rings. The van der Waals surface area contributed by atoms with Crippen molar-refractivity contribution in [3.8, 4) is 0 Å². The minimum Gasteiger partial charge on any atom is -0.365 e. The molecular formula is C10H11ClN2O2S. The zero-order valence-corrected chi connectivity index (χ0v) is 10.1. The van der Waals surface area contributed by atoms with Gasteiger partial charge in [0, 0.05) is 4.88 Å². The van der Waals surface area contributed by atoms with Crippen molar-refractivity contribution in [1.82, 2.24) is 0 Å². The second-order valence-corrected chi connectivity index (χ2v) is 4.98. The molecule has 0 atom stereocenters. The molecule has 6 heteroatoms. The highest BCUT2D eigenvalue weighted by molar-refractivity contribution is 7.17. The van der Waals surface area contributed by atoms with Crippen molar-refractivity contribution in [2.24, 2.45) is 5.73 Å². The number of primary amides is 1. The summed E-state index contributed by atoms with van der Waals surface area (Å²) in [7, 11) is 0. The normalized spacial score (nSPS) is 13.6. The van der Waals surface area contributed by atoms with Crippen molar-refractivity contribution in [3.05, 3.63) is 16.0 Å². The number of nitrogens with one attached hydrogen (secondary N) is 1. The van der Waals surface area contributed by atoms with Crippen molar-refractivity contribution >= 4 is 39.8 Å². The number of thiophene rings is 1. The molecule has 2 amide bonds. The van der Waals surface area contributed by atoms with E-state index in [9.17, 15) is 9.59 Å². The number of carbonyl (C=O) groups is 2. The largest absolute Gasteiger partial charge is 0.365 e. The van der Waals surface area contributed by atoms with Gasteiger partial charge in [-0.05, 0) is 24.8 Å². The van der Waals surface area contributed by atoms with Crippen LogP contribution in [0.15, 0.2) is 0 Å². The summed E-state index contributed by atoms with van der Waals surface area (Å²) in [6.45, 7) is 0. The summed E-state index contributed by atoms with van der Waals surface area (Å²) in [5, 5.41) is 3.16. The Morgan fingerprint density at radius 1 is 1.44 bits per heavy atom. The minimum atomic E-state index is -0.482. The van der Waals surface area contributed by atoms with Gasteiger partial charge in [0.05, 0.1) is 5.56 Å². The molecule has 2 rings (SSSR count). The van der Waals surface area contributed by atoms with Crippen LogP contribution in [-0.4, -0.2) is 17.7 Å². The monoisotopic (exact) mass is 258 g/mol. The third-order valence-corrected chi connectivity index (χ3v) is 3.99. The lowest BCUT2D eigenvalue weighted by Gasteiger charge is -2.03. The van der Waals surface area contributed by atoms with Crippen LogP contribution in [0.2, 0.25) is 0 Å². The summed E-state index contributed by atoms with van der Waals surface area (Å²) < 4.78 is 0.